The van der Waals surface area contributed by atoms with Crippen molar-refractivity contribution in [1.29, 1.82) is 0 Å². The summed E-state index contributed by atoms with van der Waals surface area (Å²) in [5.74, 6) is 1.92. The van der Waals surface area contributed by atoms with Crippen molar-refractivity contribution < 1.29 is 14.0 Å². The molecule has 1 aliphatic rings. The molecule has 1 rings (SSSR count). The molecule has 1 fully saturated rings. The Bertz CT molecular complexity index is 266. The van der Waals surface area contributed by atoms with Crippen LogP contribution in [-0.2, 0) is 14.0 Å². The quantitative estimate of drug-likeness (QED) is 0.692. The summed E-state index contributed by atoms with van der Waals surface area (Å²) in [6.07, 6.45) is 1.97. The van der Waals surface area contributed by atoms with E-state index in [1.807, 2.05) is 53.6 Å². The van der Waals surface area contributed by atoms with Crippen LogP contribution in [0.3, 0.4) is 0 Å². The summed E-state index contributed by atoms with van der Waals surface area (Å²) in [6.45, 7) is 12.2. The van der Waals surface area contributed by atoms with Crippen molar-refractivity contribution in [1.82, 2.24) is 0 Å². The maximum Gasteiger partial charge on any atom is 0.486 e. The summed E-state index contributed by atoms with van der Waals surface area (Å²) >= 11 is 0. The molecule has 0 bridgehead atoms. The van der Waals surface area contributed by atoms with Gasteiger partial charge in [-0.25, -0.2) is 0 Å². The van der Waals surface area contributed by atoms with Crippen molar-refractivity contribution in [3.63, 3.8) is 0 Å². The van der Waals surface area contributed by atoms with Gasteiger partial charge in [-0.15, -0.1) is 0 Å². The van der Waals surface area contributed by atoms with Crippen molar-refractivity contribution in [2.24, 2.45) is 0 Å². The topological polar surface area (TPSA) is 27.7 Å². The van der Waals surface area contributed by atoms with Crippen LogP contribution in [0, 0.1) is 0 Å². The summed E-state index contributed by atoms with van der Waals surface area (Å²) in [7, 11) is 1.40. The number of hydrogen-bond donors (Lipinski definition) is 0. The second-order valence-corrected chi connectivity index (χ2v) is 5.79. The third-order valence-corrected chi connectivity index (χ3v) is 3.45. The smallest absolute Gasteiger partial charge is 0.400 e. The van der Waals surface area contributed by atoms with Crippen LogP contribution in [0.25, 0.3) is 0 Å². The Morgan fingerprint density at radius 2 is 1.50 bits per heavy atom. The molecule has 0 saturated carbocycles. The lowest BCUT2D eigenvalue weighted by atomic mass is 9.87. The molecule has 0 amide bonds. The Morgan fingerprint density at radius 3 is 1.88 bits per heavy atom. The molecule has 0 aromatic heterocycles. The molecule has 1 saturated heterocycles. The van der Waals surface area contributed by atoms with Crippen molar-refractivity contribution >= 4 is 7.12 Å². The minimum atomic E-state index is -0.292. The molecular weight excluding hydrogens is 203 g/mol. The third kappa shape index (κ3) is 2.87. The first-order valence-corrected chi connectivity index (χ1v) is 5.70. The Balaban J connectivity index is 2.68. The van der Waals surface area contributed by atoms with Crippen LogP contribution in [0.4, 0.5) is 0 Å². The zero-order chi connectivity index (χ0) is 12.6. The van der Waals surface area contributed by atoms with Gasteiger partial charge in [0.2, 0.25) is 0 Å². The Hall–Kier alpha value is -0.315. The fourth-order valence-corrected chi connectivity index (χ4v) is 1.35. The maximum atomic E-state index is 5.84. The van der Waals surface area contributed by atoms with Gasteiger partial charge in [-0.1, -0.05) is 12.1 Å². The van der Waals surface area contributed by atoms with E-state index in [1.165, 1.54) is 0 Å². The van der Waals surface area contributed by atoms with Crippen molar-refractivity contribution in [3.8, 4) is 0 Å². The number of methoxy groups -OCH3 is 1. The van der Waals surface area contributed by atoms with Gasteiger partial charge >= 0.3 is 7.12 Å². The van der Waals surface area contributed by atoms with E-state index in [-0.39, 0.29) is 23.9 Å². The SMILES string of the molecule is COC(C)(C)/C=C/B1OC(C)(C)C(C)(C)O1. The van der Waals surface area contributed by atoms with Crippen LogP contribution in [0.2, 0.25) is 0 Å². The van der Waals surface area contributed by atoms with Gasteiger partial charge in [0.15, 0.2) is 0 Å². The Morgan fingerprint density at radius 1 is 1.06 bits per heavy atom. The average Bonchev–Trinajstić information content (AvgIpc) is 2.33. The molecule has 16 heavy (non-hydrogen) atoms. The largest absolute Gasteiger partial charge is 0.486 e. The first-order valence-electron chi connectivity index (χ1n) is 5.70. The van der Waals surface area contributed by atoms with E-state index in [0.717, 1.165) is 0 Å². The Labute approximate surface area is 99.3 Å². The second-order valence-electron chi connectivity index (χ2n) is 5.79. The Kier molecular flexibility index (Phi) is 3.58. The van der Waals surface area contributed by atoms with E-state index in [9.17, 15) is 0 Å². The van der Waals surface area contributed by atoms with E-state index in [2.05, 4.69) is 0 Å². The van der Waals surface area contributed by atoms with Gasteiger partial charge in [0, 0.05) is 7.11 Å². The highest BCUT2D eigenvalue weighted by molar-refractivity contribution is 6.51. The third-order valence-electron chi connectivity index (χ3n) is 3.45. The molecule has 0 aromatic rings. The number of ether oxygens (including phenoxy) is 1. The van der Waals surface area contributed by atoms with Crippen molar-refractivity contribution in [3.05, 3.63) is 12.1 Å². The van der Waals surface area contributed by atoms with Crippen LogP contribution < -0.4 is 0 Å². The van der Waals surface area contributed by atoms with E-state index in [1.54, 1.807) is 7.11 Å². The lowest BCUT2D eigenvalue weighted by molar-refractivity contribution is 0.00578. The van der Waals surface area contributed by atoms with Gasteiger partial charge in [0.1, 0.15) is 0 Å². The number of hydrogen-bond acceptors (Lipinski definition) is 3. The molecule has 0 spiro atoms. The van der Waals surface area contributed by atoms with E-state index in [0.29, 0.717) is 0 Å². The van der Waals surface area contributed by atoms with Gasteiger partial charge in [0.05, 0.1) is 16.8 Å². The van der Waals surface area contributed by atoms with Crippen LogP contribution in [-0.4, -0.2) is 31.0 Å². The summed E-state index contributed by atoms with van der Waals surface area (Å²) < 4.78 is 17.0. The van der Waals surface area contributed by atoms with Gasteiger partial charge in [-0.3, -0.25) is 0 Å². The molecule has 0 aliphatic carbocycles. The molecule has 0 aromatic carbocycles. The minimum absolute atomic E-state index is 0.279. The van der Waals surface area contributed by atoms with Gasteiger partial charge < -0.3 is 14.0 Å². The normalized spacial score (nSPS) is 24.3. The predicted molar refractivity (Wildman–Crippen MR) is 66.3 cm³/mol. The van der Waals surface area contributed by atoms with Gasteiger partial charge in [-0.2, -0.15) is 0 Å². The first-order chi connectivity index (χ1) is 7.10. The molecule has 0 radical (unpaired) electrons. The highest BCUT2D eigenvalue weighted by atomic mass is 16.7. The molecule has 1 aliphatic heterocycles. The average molecular weight is 226 g/mol. The highest BCUT2D eigenvalue weighted by Gasteiger charge is 2.50. The maximum absolute atomic E-state index is 5.84. The summed E-state index contributed by atoms with van der Waals surface area (Å²) in [6, 6.07) is 0. The standard InChI is InChI=1S/C12H23BO3/c1-10(2,14-7)8-9-13-15-11(3,4)12(5,6)16-13/h8-9H,1-7H3/b9-8+. The fraction of sp³-hybridized carbons (Fsp3) is 0.833. The van der Waals surface area contributed by atoms with Gasteiger partial charge in [-0.05, 0) is 41.5 Å². The highest BCUT2D eigenvalue weighted by Crippen LogP contribution is 2.37. The molecule has 0 unspecified atom stereocenters. The lowest BCUT2D eigenvalue weighted by Gasteiger charge is -2.32. The molecule has 1 heterocycles. The predicted octanol–water partition coefficient (Wildman–Crippen LogP) is 2.60. The van der Waals surface area contributed by atoms with Crippen LogP contribution in [0.5, 0.6) is 0 Å². The minimum Gasteiger partial charge on any atom is -0.400 e. The van der Waals surface area contributed by atoms with E-state index >= 15 is 0 Å². The molecule has 0 N–H and O–H groups in total. The molecule has 0 atom stereocenters. The zero-order valence-electron chi connectivity index (χ0n) is 11.5. The van der Waals surface area contributed by atoms with Crippen molar-refractivity contribution in [2.75, 3.05) is 7.11 Å². The van der Waals surface area contributed by atoms with Gasteiger partial charge in [0.25, 0.3) is 0 Å². The fourth-order valence-electron chi connectivity index (χ4n) is 1.35. The molecule has 4 heteroatoms. The molecule has 3 nitrogen and oxygen atoms in total. The van der Waals surface area contributed by atoms with E-state index < -0.39 is 0 Å². The van der Waals surface area contributed by atoms with Crippen molar-refractivity contribution in [2.45, 2.75) is 58.3 Å². The molecule has 92 valence electrons. The summed E-state index contributed by atoms with van der Waals surface area (Å²) in [4.78, 5) is 0. The summed E-state index contributed by atoms with van der Waals surface area (Å²) in [5, 5.41) is 0. The van der Waals surface area contributed by atoms with Crippen LogP contribution in [0.15, 0.2) is 12.1 Å². The second kappa shape index (κ2) is 4.17. The van der Waals surface area contributed by atoms with E-state index in [4.69, 9.17) is 14.0 Å². The van der Waals surface area contributed by atoms with Crippen LogP contribution >= 0.6 is 0 Å². The monoisotopic (exact) mass is 226 g/mol. The summed E-state index contributed by atoms with van der Waals surface area (Å²) in [5.41, 5.74) is -0.845. The first kappa shape index (κ1) is 13.7. The number of rotatable bonds is 3. The van der Waals surface area contributed by atoms with Crippen LogP contribution in [0.1, 0.15) is 41.5 Å². The zero-order valence-corrected chi connectivity index (χ0v) is 11.5. The molecular formula is C12H23BO3. The lowest BCUT2D eigenvalue weighted by Crippen LogP contribution is -2.41.